The van der Waals surface area contributed by atoms with Crippen LogP contribution in [-0.2, 0) is 11.3 Å². The number of nitriles is 1. The van der Waals surface area contributed by atoms with E-state index in [1.165, 1.54) is 12.8 Å². The molecule has 0 bridgehead atoms. The van der Waals surface area contributed by atoms with E-state index in [0.717, 1.165) is 31.2 Å². The second-order valence-electron chi connectivity index (χ2n) is 5.89. The van der Waals surface area contributed by atoms with Gasteiger partial charge in [-0.05, 0) is 30.5 Å². The number of carbonyl (C=O) groups excluding carboxylic acids is 1. The molecule has 0 aromatic heterocycles. The number of rotatable bonds is 4. The summed E-state index contributed by atoms with van der Waals surface area (Å²) in [6, 6.07) is 9.38. The van der Waals surface area contributed by atoms with E-state index in [4.69, 9.17) is 11.0 Å². The van der Waals surface area contributed by atoms with Crippen LogP contribution in [0.4, 0.5) is 0 Å². The van der Waals surface area contributed by atoms with Crippen molar-refractivity contribution in [1.29, 1.82) is 5.26 Å². The zero-order chi connectivity index (χ0) is 15.1. The molecular weight excluding hydrogens is 262 g/mol. The van der Waals surface area contributed by atoms with Gasteiger partial charge >= 0.3 is 0 Å². The summed E-state index contributed by atoms with van der Waals surface area (Å²) < 4.78 is 0. The standard InChI is InChI=1S/C17H23N3O/c18-11-14-5-7-15(8-6-14)12-20-16(21)17(13-19)9-3-1-2-4-10-17/h5-8H,1-4,9-10,12-13,19H2,(H,20,21). The van der Waals surface area contributed by atoms with Crippen LogP contribution < -0.4 is 11.1 Å². The number of carbonyl (C=O) groups is 1. The van der Waals surface area contributed by atoms with Crippen LogP contribution in [0.3, 0.4) is 0 Å². The molecule has 0 aliphatic heterocycles. The lowest BCUT2D eigenvalue weighted by Crippen LogP contribution is -2.45. The van der Waals surface area contributed by atoms with E-state index < -0.39 is 0 Å². The maximum atomic E-state index is 12.6. The lowest BCUT2D eigenvalue weighted by molar-refractivity contribution is -0.131. The highest BCUT2D eigenvalue weighted by Gasteiger charge is 2.36. The van der Waals surface area contributed by atoms with Crippen LogP contribution in [0.5, 0.6) is 0 Å². The quantitative estimate of drug-likeness (QED) is 0.834. The van der Waals surface area contributed by atoms with Crippen molar-refractivity contribution in [2.45, 2.75) is 45.1 Å². The molecule has 0 heterocycles. The van der Waals surface area contributed by atoms with Gasteiger partial charge in [0, 0.05) is 13.1 Å². The van der Waals surface area contributed by atoms with Gasteiger partial charge in [0.15, 0.2) is 0 Å². The SMILES string of the molecule is N#Cc1ccc(CNC(=O)C2(CN)CCCCCC2)cc1. The lowest BCUT2D eigenvalue weighted by Gasteiger charge is -2.29. The predicted octanol–water partition coefficient (Wildman–Crippen LogP) is 2.47. The van der Waals surface area contributed by atoms with Crippen molar-refractivity contribution in [3.8, 4) is 6.07 Å². The first-order valence-corrected chi connectivity index (χ1v) is 7.68. The van der Waals surface area contributed by atoms with E-state index >= 15 is 0 Å². The second kappa shape index (κ2) is 7.24. The largest absolute Gasteiger partial charge is 0.352 e. The van der Waals surface area contributed by atoms with Gasteiger partial charge in [-0.1, -0.05) is 37.8 Å². The molecule has 0 saturated heterocycles. The topological polar surface area (TPSA) is 78.9 Å². The minimum atomic E-state index is -0.386. The maximum Gasteiger partial charge on any atom is 0.227 e. The normalized spacial score (nSPS) is 17.5. The molecular formula is C17H23N3O. The molecule has 0 unspecified atom stereocenters. The molecule has 1 aliphatic carbocycles. The van der Waals surface area contributed by atoms with E-state index in [1.807, 2.05) is 12.1 Å². The van der Waals surface area contributed by atoms with Gasteiger partial charge in [-0.2, -0.15) is 5.26 Å². The molecule has 0 spiro atoms. The van der Waals surface area contributed by atoms with Crippen LogP contribution in [0.1, 0.15) is 49.7 Å². The van der Waals surface area contributed by atoms with Crippen molar-refractivity contribution in [2.75, 3.05) is 6.54 Å². The Morgan fingerprint density at radius 2 is 1.81 bits per heavy atom. The predicted molar refractivity (Wildman–Crippen MR) is 82.2 cm³/mol. The van der Waals surface area contributed by atoms with Crippen molar-refractivity contribution in [3.63, 3.8) is 0 Å². The molecule has 1 fully saturated rings. The average Bonchev–Trinajstić information content (AvgIpc) is 2.79. The summed E-state index contributed by atoms with van der Waals surface area (Å²) in [5.74, 6) is 0.0799. The average molecular weight is 285 g/mol. The fourth-order valence-electron chi connectivity index (χ4n) is 3.00. The fraction of sp³-hybridized carbons (Fsp3) is 0.529. The highest BCUT2D eigenvalue weighted by atomic mass is 16.2. The number of nitrogens with one attached hydrogen (secondary N) is 1. The fourth-order valence-corrected chi connectivity index (χ4v) is 3.00. The van der Waals surface area contributed by atoms with Gasteiger partial charge in [-0.25, -0.2) is 0 Å². The van der Waals surface area contributed by atoms with E-state index in [-0.39, 0.29) is 11.3 Å². The smallest absolute Gasteiger partial charge is 0.227 e. The summed E-state index contributed by atoms with van der Waals surface area (Å²) in [5.41, 5.74) is 7.17. The molecule has 1 saturated carbocycles. The van der Waals surface area contributed by atoms with Gasteiger partial charge in [0.1, 0.15) is 0 Å². The Morgan fingerprint density at radius 1 is 1.19 bits per heavy atom. The first-order chi connectivity index (χ1) is 10.2. The molecule has 4 nitrogen and oxygen atoms in total. The van der Waals surface area contributed by atoms with Crippen molar-refractivity contribution in [2.24, 2.45) is 11.1 Å². The molecule has 2 rings (SSSR count). The first-order valence-electron chi connectivity index (χ1n) is 7.68. The highest BCUT2D eigenvalue weighted by Crippen LogP contribution is 2.34. The molecule has 1 aromatic carbocycles. The third-order valence-corrected chi connectivity index (χ3v) is 4.47. The molecule has 21 heavy (non-hydrogen) atoms. The van der Waals surface area contributed by atoms with Gasteiger partial charge in [-0.3, -0.25) is 4.79 Å². The van der Waals surface area contributed by atoms with Gasteiger partial charge < -0.3 is 11.1 Å². The summed E-state index contributed by atoms with van der Waals surface area (Å²) in [4.78, 5) is 12.6. The molecule has 0 atom stereocenters. The molecule has 3 N–H and O–H groups in total. The third kappa shape index (κ3) is 3.83. The summed E-state index contributed by atoms with van der Waals surface area (Å²) in [6.45, 7) is 0.915. The Bertz CT molecular complexity index is 508. The minimum absolute atomic E-state index is 0.0799. The van der Waals surface area contributed by atoms with E-state index in [1.54, 1.807) is 12.1 Å². The highest BCUT2D eigenvalue weighted by molar-refractivity contribution is 5.82. The molecule has 1 aromatic rings. The van der Waals surface area contributed by atoms with Crippen molar-refractivity contribution in [3.05, 3.63) is 35.4 Å². The summed E-state index contributed by atoms with van der Waals surface area (Å²) in [6.07, 6.45) is 6.35. The van der Waals surface area contributed by atoms with Crippen molar-refractivity contribution >= 4 is 5.91 Å². The Balaban J connectivity index is 1.97. The van der Waals surface area contributed by atoms with Crippen LogP contribution >= 0.6 is 0 Å². The number of nitrogens with zero attached hydrogens (tertiary/aromatic N) is 1. The monoisotopic (exact) mass is 285 g/mol. The molecule has 1 aliphatic rings. The number of nitrogens with two attached hydrogens (primary N) is 1. The van der Waals surface area contributed by atoms with Crippen molar-refractivity contribution in [1.82, 2.24) is 5.32 Å². The lowest BCUT2D eigenvalue weighted by atomic mass is 9.79. The van der Waals surface area contributed by atoms with Crippen LogP contribution in [-0.4, -0.2) is 12.5 Å². The molecule has 112 valence electrons. The zero-order valence-corrected chi connectivity index (χ0v) is 12.4. The Morgan fingerprint density at radius 3 is 2.33 bits per heavy atom. The van der Waals surface area contributed by atoms with Gasteiger partial charge in [0.05, 0.1) is 17.0 Å². The van der Waals surface area contributed by atoms with Gasteiger partial charge in [0.25, 0.3) is 0 Å². The van der Waals surface area contributed by atoms with E-state index in [9.17, 15) is 4.79 Å². The number of hydrogen-bond acceptors (Lipinski definition) is 3. The minimum Gasteiger partial charge on any atom is -0.352 e. The van der Waals surface area contributed by atoms with Crippen LogP contribution in [0.2, 0.25) is 0 Å². The maximum absolute atomic E-state index is 12.6. The number of hydrogen-bond donors (Lipinski definition) is 2. The van der Waals surface area contributed by atoms with Gasteiger partial charge in [-0.15, -0.1) is 0 Å². The van der Waals surface area contributed by atoms with E-state index in [2.05, 4.69) is 11.4 Å². The summed E-state index contributed by atoms with van der Waals surface area (Å²) >= 11 is 0. The number of amides is 1. The van der Waals surface area contributed by atoms with Crippen molar-refractivity contribution < 1.29 is 4.79 Å². The third-order valence-electron chi connectivity index (χ3n) is 4.47. The second-order valence-corrected chi connectivity index (χ2v) is 5.89. The Kier molecular flexibility index (Phi) is 5.35. The molecule has 1 amide bonds. The van der Waals surface area contributed by atoms with Gasteiger partial charge in [0.2, 0.25) is 5.91 Å². The number of benzene rings is 1. The molecule has 4 heteroatoms. The Labute approximate surface area is 126 Å². The first kappa shape index (κ1) is 15.5. The van der Waals surface area contributed by atoms with Crippen LogP contribution in [0, 0.1) is 16.7 Å². The van der Waals surface area contributed by atoms with Crippen LogP contribution in [0.15, 0.2) is 24.3 Å². The summed E-state index contributed by atoms with van der Waals surface area (Å²) in [5, 5.41) is 11.8. The van der Waals surface area contributed by atoms with Crippen LogP contribution in [0.25, 0.3) is 0 Å². The Hall–Kier alpha value is -1.86. The van der Waals surface area contributed by atoms with E-state index in [0.29, 0.717) is 18.7 Å². The molecule has 0 radical (unpaired) electrons. The zero-order valence-electron chi connectivity index (χ0n) is 12.4. The summed E-state index contributed by atoms with van der Waals surface area (Å²) in [7, 11) is 0.